The first-order chi connectivity index (χ1) is 12.0. The molecule has 0 spiro atoms. The van der Waals surface area contributed by atoms with Gasteiger partial charge in [0.25, 0.3) is 0 Å². The molecule has 2 amide bonds. The van der Waals surface area contributed by atoms with Gasteiger partial charge in [0, 0.05) is 25.0 Å². The molecule has 0 aromatic heterocycles. The van der Waals surface area contributed by atoms with Gasteiger partial charge in [-0.25, -0.2) is 0 Å². The van der Waals surface area contributed by atoms with Crippen LogP contribution in [0.2, 0.25) is 0 Å². The third-order valence-corrected chi connectivity index (χ3v) is 4.92. The minimum absolute atomic E-state index is 0.0193. The zero-order valence-corrected chi connectivity index (χ0v) is 15.5. The monoisotopic (exact) mass is 346 g/mol. The number of rotatable bonds is 7. The molecule has 5 nitrogen and oxygen atoms in total. The summed E-state index contributed by atoms with van der Waals surface area (Å²) in [6.45, 7) is 7.92. The summed E-state index contributed by atoms with van der Waals surface area (Å²) >= 11 is 0. The zero-order chi connectivity index (χ0) is 18.2. The van der Waals surface area contributed by atoms with Crippen LogP contribution in [0, 0.1) is 11.8 Å². The first-order valence-electron chi connectivity index (χ1n) is 9.23. The Morgan fingerprint density at radius 2 is 1.80 bits per heavy atom. The highest BCUT2D eigenvalue weighted by Gasteiger charge is 2.28. The van der Waals surface area contributed by atoms with Gasteiger partial charge in [-0.3, -0.25) is 9.59 Å². The van der Waals surface area contributed by atoms with Crippen molar-refractivity contribution in [2.24, 2.45) is 11.8 Å². The van der Waals surface area contributed by atoms with Crippen molar-refractivity contribution in [3.63, 3.8) is 0 Å². The molecule has 0 unspecified atom stereocenters. The fraction of sp³-hybridized carbons (Fsp3) is 0.600. The van der Waals surface area contributed by atoms with E-state index >= 15 is 0 Å². The Morgan fingerprint density at radius 3 is 2.40 bits per heavy atom. The van der Waals surface area contributed by atoms with Gasteiger partial charge in [0.05, 0.1) is 13.0 Å². The summed E-state index contributed by atoms with van der Waals surface area (Å²) in [7, 11) is 0. The molecule has 1 aliphatic heterocycles. The number of likely N-dealkylation sites (tertiary alicyclic amines) is 1. The Hall–Kier alpha value is -2.04. The summed E-state index contributed by atoms with van der Waals surface area (Å²) in [5.41, 5.74) is 0. The number of nitrogens with zero attached hydrogens (tertiary/aromatic N) is 1. The van der Waals surface area contributed by atoms with Crippen LogP contribution in [0.5, 0.6) is 5.75 Å². The highest BCUT2D eigenvalue weighted by atomic mass is 16.5. The number of carbonyl (C=O) groups is 2. The lowest BCUT2D eigenvalue weighted by molar-refractivity contribution is -0.136. The van der Waals surface area contributed by atoms with Gasteiger partial charge in [-0.1, -0.05) is 32.0 Å². The van der Waals surface area contributed by atoms with Gasteiger partial charge < -0.3 is 15.0 Å². The van der Waals surface area contributed by atoms with E-state index in [9.17, 15) is 9.59 Å². The van der Waals surface area contributed by atoms with E-state index in [4.69, 9.17) is 4.74 Å². The van der Waals surface area contributed by atoms with E-state index in [1.165, 1.54) is 0 Å². The van der Waals surface area contributed by atoms with Crippen molar-refractivity contribution in [2.45, 2.75) is 46.1 Å². The smallest absolute Gasteiger partial charge is 0.225 e. The molecule has 5 heteroatoms. The number of para-hydroxylation sites is 1. The van der Waals surface area contributed by atoms with E-state index in [1.54, 1.807) is 0 Å². The highest BCUT2D eigenvalue weighted by Crippen LogP contribution is 2.19. The van der Waals surface area contributed by atoms with Crippen LogP contribution >= 0.6 is 0 Å². The van der Waals surface area contributed by atoms with Gasteiger partial charge in [0.1, 0.15) is 5.75 Å². The zero-order valence-electron chi connectivity index (χ0n) is 15.5. The summed E-state index contributed by atoms with van der Waals surface area (Å²) in [6.07, 6.45) is 1.85. The van der Waals surface area contributed by atoms with Gasteiger partial charge in [0.2, 0.25) is 11.8 Å². The van der Waals surface area contributed by atoms with Crippen LogP contribution in [-0.4, -0.2) is 42.5 Å². The molecule has 0 radical (unpaired) electrons. The predicted molar refractivity (Wildman–Crippen MR) is 98.3 cm³/mol. The number of benzene rings is 1. The second kappa shape index (κ2) is 9.44. The fourth-order valence-electron chi connectivity index (χ4n) is 2.83. The number of hydrogen-bond acceptors (Lipinski definition) is 3. The SMILES string of the molecule is CC(C)[C@@H](C)NC(=O)C1CCN(C(=O)CCOc2ccccc2)CC1. The maximum Gasteiger partial charge on any atom is 0.225 e. The quantitative estimate of drug-likeness (QED) is 0.826. The van der Waals surface area contributed by atoms with Crippen LogP contribution in [0.25, 0.3) is 0 Å². The number of nitrogens with one attached hydrogen (secondary N) is 1. The Bertz CT molecular complexity index is 551. The molecule has 138 valence electrons. The molecule has 1 atom stereocenters. The van der Waals surface area contributed by atoms with E-state index < -0.39 is 0 Å². The molecule has 1 fully saturated rings. The summed E-state index contributed by atoms with van der Waals surface area (Å²) in [5, 5.41) is 3.08. The first kappa shape index (κ1) is 19.3. The van der Waals surface area contributed by atoms with Gasteiger partial charge >= 0.3 is 0 Å². The molecule has 1 aromatic rings. The molecule has 0 bridgehead atoms. The van der Waals surface area contributed by atoms with E-state index in [2.05, 4.69) is 19.2 Å². The summed E-state index contributed by atoms with van der Waals surface area (Å²) < 4.78 is 5.58. The predicted octanol–water partition coefficient (Wildman–Crippen LogP) is 2.85. The second-order valence-corrected chi connectivity index (χ2v) is 7.11. The topological polar surface area (TPSA) is 58.6 Å². The van der Waals surface area contributed by atoms with Crippen molar-refractivity contribution in [3.05, 3.63) is 30.3 Å². The molecule has 1 N–H and O–H groups in total. The van der Waals surface area contributed by atoms with Gasteiger partial charge in [0.15, 0.2) is 0 Å². The van der Waals surface area contributed by atoms with Gasteiger partial charge in [-0.15, -0.1) is 0 Å². The van der Waals surface area contributed by atoms with E-state index in [0.29, 0.717) is 32.0 Å². The first-order valence-corrected chi connectivity index (χ1v) is 9.23. The number of ether oxygens (including phenoxy) is 1. The molecule has 0 aliphatic carbocycles. The Balaban J connectivity index is 1.68. The van der Waals surface area contributed by atoms with E-state index in [0.717, 1.165) is 18.6 Å². The average Bonchev–Trinajstić information content (AvgIpc) is 2.62. The minimum atomic E-state index is 0.0193. The lowest BCUT2D eigenvalue weighted by Crippen LogP contribution is -2.46. The van der Waals surface area contributed by atoms with Crippen LogP contribution in [0.15, 0.2) is 30.3 Å². The third-order valence-electron chi connectivity index (χ3n) is 4.92. The molecule has 0 saturated carbocycles. The summed E-state index contributed by atoms with van der Waals surface area (Å²) in [4.78, 5) is 26.4. The molecule has 1 heterocycles. The van der Waals surface area contributed by atoms with Gasteiger partial charge in [-0.05, 0) is 37.8 Å². The van der Waals surface area contributed by atoms with Crippen LogP contribution in [0.1, 0.15) is 40.0 Å². The van der Waals surface area contributed by atoms with Crippen molar-refractivity contribution >= 4 is 11.8 Å². The third kappa shape index (κ3) is 6.07. The Labute approximate surface area is 150 Å². The lowest BCUT2D eigenvalue weighted by Gasteiger charge is -2.32. The molecule has 1 aromatic carbocycles. The van der Waals surface area contributed by atoms with Gasteiger partial charge in [-0.2, -0.15) is 0 Å². The van der Waals surface area contributed by atoms with E-state index in [1.807, 2.05) is 42.2 Å². The van der Waals surface area contributed by atoms with Crippen molar-refractivity contribution < 1.29 is 14.3 Å². The molecular formula is C20H30N2O3. The number of piperidine rings is 1. The second-order valence-electron chi connectivity index (χ2n) is 7.11. The number of carbonyl (C=O) groups excluding carboxylic acids is 2. The Kier molecular flexibility index (Phi) is 7.29. The number of amides is 2. The molecule has 1 saturated heterocycles. The maximum atomic E-state index is 12.3. The highest BCUT2D eigenvalue weighted by molar-refractivity contribution is 5.80. The number of hydrogen-bond donors (Lipinski definition) is 1. The van der Waals surface area contributed by atoms with Crippen molar-refractivity contribution in [3.8, 4) is 5.75 Å². The Morgan fingerprint density at radius 1 is 1.16 bits per heavy atom. The summed E-state index contributed by atoms with van der Waals surface area (Å²) in [5.74, 6) is 1.46. The van der Waals surface area contributed by atoms with Crippen LogP contribution < -0.4 is 10.1 Å². The van der Waals surface area contributed by atoms with Crippen molar-refractivity contribution in [1.82, 2.24) is 10.2 Å². The molecule has 25 heavy (non-hydrogen) atoms. The molecule has 1 aliphatic rings. The lowest BCUT2D eigenvalue weighted by atomic mass is 9.94. The van der Waals surface area contributed by atoms with Crippen LogP contribution in [0.3, 0.4) is 0 Å². The summed E-state index contributed by atoms with van der Waals surface area (Å²) in [6, 6.07) is 9.70. The maximum absolute atomic E-state index is 12.3. The average molecular weight is 346 g/mol. The normalized spacial score (nSPS) is 16.6. The van der Waals surface area contributed by atoms with Crippen LogP contribution in [0.4, 0.5) is 0 Å². The van der Waals surface area contributed by atoms with E-state index in [-0.39, 0.29) is 23.8 Å². The van der Waals surface area contributed by atoms with Crippen LogP contribution in [-0.2, 0) is 9.59 Å². The molecule has 2 rings (SSSR count). The molecular weight excluding hydrogens is 316 g/mol. The standard InChI is InChI=1S/C20H30N2O3/c1-15(2)16(3)21-20(24)17-9-12-22(13-10-17)19(23)11-14-25-18-7-5-4-6-8-18/h4-8,15-17H,9-14H2,1-3H3,(H,21,24)/t16-/m1/s1. The largest absolute Gasteiger partial charge is 0.493 e. The minimum Gasteiger partial charge on any atom is -0.493 e. The van der Waals surface area contributed by atoms with Crippen molar-refractivity contribution in [2.75, 3.05) is 19.7 Å². The fourth-order valence-corrected chi connectivity index (χ4v) is 2.83. The van der Waals surface area contributed by atoms with Crippen molar-refractivity contribution in [1.29, 1.82) is 0 Å².